The van der Waals surface area contributed by atoms with Crippen LogP contribution in [0.5, 0.6) is 0 Å². The third kappa shape index (κ3) is 9.38. The van der Waals surface area contributed by atoms with Crippen LogP contribution in [0.3, 0.4) is 0 Å². The summed E-state index contributed by atoms with van der Waals surface area (Å²) < 4.78 is 43.9. The third-order valence-corrected chi connectivity index (χ3v) is 12.3. The van der Waals surface area contributed by atoms with E-state index in [4.69, 9.17) is 33.2 Å². The molecule has 3 aliphatic heterocycles. The van der Waals surface area contributed by atoms with E-state index in [9.17, 15) is 30.0 Å². The van der Waals surface area contributed by atoms with E-state index in [1.807, 2.05) is 32.8 Å². The first-order valence-electron chi connectivity index (χ1n) is 18.9. The average molecular weight is 748 g/mol. The molecule has 304 valence electrons. The van der Waals surface area contributed by atoms with Crippen molar-refractivity contribution >= 4 is 11.8 Å². The number of likely N-dealkylation sites (N-methyl/N-ethyl adjacent to an activating group) is 1. The average Bonchev–Trinajstić information content (AvgIpc) is 3.09. The maximum Gasteiger partial charge on any atom is 0.311 e. The van der Waals surface area contributed by atoms with Gasteiger partial charge >= 0.3 is 5.97 Å². The second-order valence-electron chi connectivity index (χ2n) is 16.6. The lowest BCUT2D eigenvalue weighted by atomic mass is 9.74. The van der Waals surface area contributed by atoms with Crippen LogP contribution in [0.15, 0.2) is 0 Å². The number of ketones is 1. The third-order valence-electron chi connectivity index (χ3n) is 12.3. The SMILES string of the molecule is CCC1OC(=O)[C@@H](C)C(O[C@@H]2C[C@](C)(OC)[C@H](O)[C@@H](C)O2)[C@@H](C)[C@H](O[C@H]2O[C@@H](C)C[C@@H](N(C)C)[C@@H]2O)[C@@](C)(OC)C[C@H](C)C(=O)[C@@H](C)[C@H](O)[C@@]1(C)O. The second-order valence-corrected chi connectivity index (χ2v) is 16.6. The zero-order chi connectivity index (χ0) is 39.7. The van der Waals surface area contributed by atoms with Crippen LogP contribution in [0.25, 0.3) is 0 Å². The molecule has 2 unspecified atom stereocenters. The normalized spacial score (nSPS) is 49.0. The summed E-state index contributed by atoms with van der Waals surface area (Å²) in [6.45, 7) is 17.1. The van der Waals surface area contributed by atoms with Gasteiger partial charge in [-0.25, -0.2) is 0 Å². The van der Waals surface area contributed by atoms with Crippen molar-refractivity contribution in [3.05, 3.63) is 0 Å². The molecule has 3 fully saturated rings. The van der Waals surface area contributed by atoms with E-state index >= 15 is 0 Å². The number of esters is 1. The van der Waals surface area contributed by atoms with Gasteiger partial charge < -0.3 is 58.5 Å². The molecule has 0 aromatic heterocycles. The summed E-state index contributed by atoms with van der Waals surface area (Å²) in [7, 11) is 6.77. The van der Waals surface area contributed by atoms with Gasteiger partial charge in [-0.1, -0.05) is 27.7 Å². The molecule has 0 amide bonds. The standard InChI is InChI=1S/C38H69NO13/c1-15-26-38(10,45)31(42)21(4)28(40)19(2)17-37(9,47-14)33(52-35-29(41)25(39(11)12)16-20(3)48-35)22(5)30(23(6)34(44)50-26)51-27-18-36(8,46-13)32(43)24(7)49-27/h19-27,29-33,35,41-43,45H,15-18H2,1-14H3/t19-,20-,21+,22+,23-,24+,25+,26?,27+,29-,30?,31-,32+,33-,35+,36-,37-,38-/m0/s1. The second kappa shape index (κ2) is 17.7. The van der Waals surface area contributed by atoms with Crippen molar-refractivity contribution in [1.82, 2.24) is 4.90 Å². The van der Waals surface area contributed by atoms with E-state index < -0.39 is 102 Å². The van der Waals surface area contributed by atoms with Gasteiger partial charge in [0.15, 0.2) is 12.6 Å². The largest absolute Gasteiger partial charge is 0.459 e. The number of Topliss-reactive ketones (excluding diaryl/α,β-unsaturated/α-hetero) is 1. The zero-order valence-electron chi connectivity index (χ0n) is 33.9. The van der Waals surface area contributed by atoms with Crippen molar-refractivity contribution in [3.63, 3.8) is 0 Å². The van der Waals surface area contributed by atoms with Crippen LogP contribution in [0.1, 0.15) is 94.9 Å². The van der Waals surface area contributed by atoms with Gasteiger partial charge in [0.05, 0.1) is 47.6 Å². The van der Waals surface area contributed by atoms with E-state index in [1.165, 1.54) is 21.1 Å². The Hall–Kier alpha value is -1.30. The number of rotatable bonds is 8. The van der Waals surface area contributed by atoms with E-state index in [2.05, 4.69) is 0 Å². The molecule has 14 nitrogen and oxygen atoms in total. The quantitative estimate of drug-likeness (QED) is 0.266. The molecular formula is C38H69NO13. The van der Waals surface area contributed by atoms with Gasteiger partial charge in [-0.2, -0.15) is 0 Å². The van der Waals surface area contributed by atoms with Gasteiger partial charge in [-0.05, 0) is 74.9 Å². The summed E-state index contributed by atoms with van der Waals surface area (Å²) in [6, 6.07) is -0.283. The smallest absolute Gasteiger partial charge is 0.311 e. The van der Waals surface area contributed by atoms with Crippen molar-refractivity contribution in [3.8, 4) is 0 Å². The molecule has 0 aromatic carbocycles. The Morgan fingerprint density at radius 2 is 1.44 bits per heavy atom. The first-order chi connectivity index (χ1) is 24.0. The van der Waals surface area contributed by atoms with Gasteiger partial charge in [0, 0.05) is 44.4 Å². The predicted octanol–water partition coefficient (Wildman–Crippen LogP) is 2.44. The Morgan fingerprint density at radius 3 is 1.98 bits per heavy atom. The van der Waals surface area contributed by atoms with Crippen LogP contribution in [0.2, 0.25) is 0 Å². The Kier molecular flexibility index (Phi) is 15.3. The molecule has 0 bridgehead atoms. The molecule has 3 heterocycles. The monoisotopic (exact) mass is 747 g/mol. The fourth-order valence-corrected chi connectivity index (χ4v) is 8.58. The van der Waals surface area contributed by atoms with Gasteiger partial charge in [0.25, 0.3) is 0 Å². The van der Waals surface area contributed by atoms with Crippen LogP contribution in [0, 0.1) is 23.7 Å². The van der Waals surface area contributed by atoms with Gasteiger partial charge in [0.1, 0.15) is 29.7 Å². The summed E-state index contributed by atoms with van der Waals surface area (Å²) in [6.07, 6.45) is -8.73. The number of hydrogen-bond acceptors (Lipinski definition) is 14. The molecule has 14 heteroatoms. The highest BCUT2D eigenvalue weighted by molar-refractivity contribution is 5.83. The number of aliphatic hydroxyl groups is 4. The highest BCUT2D eigenvalue weighted by Crippen LogP contribution is 2.41. The van der Waals surface area contributed by atoms with Crippen molar-refractivity contribution in [2.45, 2.75) is 179 Å². The predicted molar refractivity (Wildman–Crippen MR) is 191 cm³/mol. The maximum absolute atomic E-state index is 14.2. The summed E-state index contributed by atoms with van der Waals surface area (Å²) in [5.74, 6) is -4.47. The zero-order valence-corrected chi connectivity index (χ0v) is 33.9. The van der Waals surface area contributed by atoms with Crippen LogP contribution in [-0.2, 0) is 42.7 Å². The van der Waals surface area contributed by atoms with Crippen LogP contribution >= 0.6 is 0 Å². The number of aliphatic hydroxyl groups excluding tert-OH is 3. The Balaban J connectivity index is 2.22. The molecular weight excluding hydrogens is 678 g/mol. The van der Waals surface area contributed by atoms with Gasteiger partial charge in [-0.15, -0.1) is 0 Å². The molecule has 4 N–H and O–H groups in total. The topological polar surface area (TPSA) is 183 Å². The van der Waals surface area contributed by atoms with E-state index in [0.717, 1.165) is 0 Å². The fraction of sp³-hybridized carbons (Fsp3) is 0.947. The van der Waals surface area contributed by atoms with Gasteiger partial charge in [0.2, 0.25) is 0 Å². The molecule has 18 atom stereocenters. The van der Waals surface area contributed by atoms with Crippen LogP contribution in [0.4, 0.5) is 0 Å². The minimum absolute atomic E-state index is 0.111. The van der Waals surface area contributed by atoms with E-state index in [-0.39, 0.29) is 37.2 Å². The summed E-state index contributed by atoms with van der Waals surface area (Å²) in [5.41, 5.74) is -4.24. The molecule has 0 aliphatic carbocycles. The molecule has 0 spiro atoms. The lowest BCUT2D eigenvalue weighted by Crippen LogP contribution is -2.61. The molecule has 3 rings (SSSR count). The van der Waals surface area contributed by atoms with Crippen molar-refractivity contribution in [2.24, 2.45) is 23.7 Å². The van der Waals surface area contributed by atoms with E-state index in [1.54, 1.807) is 48.5 Å². The Labute approximate surface area is 310 Å². The number of hydrogen-bond donors (Lipinski definition) is 4. The number of carbonyl (C=O) groups is 2. The Morgan fingerprint density at radius 1 is 0.846 bits per heavy atom. The molecule has 0 aromatic rings. The fourth-order valence-electron chi connectivity index (χ4n) is 8.58. The number of ether oxygens (including phenoxy) is 7. The Bertz CT molecular complexity index is 1190. The summed E-state index contributed by atoms with van der Waals surface area (Å²) in [5, 5.41) is 45.6. The molecule has 52 heavy (non-hydrogen) atoms. The van der Waals surface area contributed by atoms with Crippen molar-refractivity contribution in [1.29, 1.82) is 0 Å². The maximum atomic E-state index is 14.2. The lowest BCUT2D eigenvalue weighted by molar-refractivity contribution is -0.319. The molecule has 0 saturated carbocycles. The van der Waals surface area contributed by atoms with Crippen LogP contribution in [-0.4, -0.2) is 150 Å². The number of methoxy groups -OCH3 is 2. The minimum atomic E-state index is -1.96. The summed E-state index contributed by atoms with van der Waals surface area (Å²) >= 11 is 0. The lowest BCUT2D eigenvalue weighted by Gasteiger charge is -2.50. The first-order valence-corrected chi connectivity index (χ1v) is 18.9. The van der Waals surface area contributed by atoms with Crippen molar-refractivity contribution < 1.29 is 63.2 Å². The highest BCUT2D eigenvalue weighted by atomic mass is 16.7. The number of nitrogens with zero attached hydrogens (tertiary/aromatic N) is 1. The number of cyclic esters (lactones) is 1. The minimum Gasteiger partial charge on any atom is -0.459 e. The summed E-state index contributed by atoms with van der Waals surface area (Å²) in [4.78, 5) is 30.1. The molecule has 0 radical (unpaired) electrons. The molecule has 3 aliphatic rings. The van der Waals surface area contributed by atoms with Gasteiger partial charge in [-0.3, -0.25) is 9.59 Å². The van der Waals surface area contributed by atoms with Crippen LogP contribution < -0.4 is 0 Å². The van der Waals surface area contributed by atoms with E-state index in [0.29, 0.717) is 6.42 Å². The highest BCUT2D eigenvalue weighted by Gasteiger charge is 2.54. The first kappa shape index (κ1) is 45.1. The molecule has 3 saturated heterocycles. The number of carbonyl (C=O) groups excluding carboxylic acids is 2. The van der Waals surface area contributed by atoms with Crippen molar-refractivity contribution in [2.75, 3.05) is 28.3 Å².